The van der Waals surface area contributed by atoms with E-state index in [0.29, 0.717) is 13.0 Å². The van der Waals surface area contributed by atoms with E-state index in [1.165, 1.54) is 19.3 Å². The largest absolute Gasteiger partial charge is 0.388 e. The molecule has 1 unspecified atom stereocenters. The van der Waals surface area contributed by atoms with Crippen LogP contribution in [-0.2, 0) is 9.53 Å². The van der Waals surface area contributed by atoms with Gasteiger partial charge in [0.2, 0.25) is 5.91 Å². The van der Waals surface area contributed by atoms with E-state index in [9.17, 15) is 9.90 Å². The molecule has 2 N–H and O–H groups in total. The van der Waals surface area contributed by atoms with E-state index in [1.54, 1.807) is 0 Å². The van der Waals surface area contributed by atoms with E-state index in [1.807, 2.05) is 6.92 Å². The van der Waals surface area contributed by atoms with Gasteiger partial charge in [-0.2, -0.15) is 0 Å². The van der Waals surface area contributed by atoms with Gasteiger partial charge in [0.15, 0.2) is 0 Å². The van der Waals surface area contributed by atoms with Crippen molar-refractivity contribution < 1.29 is 14.6 Å². The van der Waals surface area contributed by atoms with Gasteiger partial charge in [-0.1, -0.05) is 39.0 Å². The van der Waals surface area contributed by atoms with Gasteiger partial charge in [-0.15, -0.1) is 0 Å². The normalized spacial score (nSPS) is 24.5. The van der Waals surface area contributed by atoms with Gasteiger partial charge in [-0.25, -0.2) is 0 Å². The molecular formula is C16H29NO3. The third-order valence-electron chi connectivity index (χ3n) is 4.70. The summed E-state index contributed by atoms with van der Waals surface area (Å²) in [4.78, 5) is 12.2. The van der Waals surface area contributed by atoms with Crippen LogP contribution in [0.4, 0.5) is 0 Å². The lowest BCUT2D eigenvalue weighted by Crippen LogP contribution is -2.47. The van der Waals surface area contributed by atoms with E-state index >= 15 is 0 Å². The highest BCUT2D eigenvalue weighted by molar-refractivity contribution is 5.80. The Balaban J connectivity index is 1.76. The minimum Gasteiger partial charge on any atom is -0.388 e. The molecule has 0 aliphatic heterocycles. The van der Waals surface area contributed by atoms with Crippen LogP contribution in [0, 0.1) is 0 Å². The van der Waals surface area contributed by atoms with Crippen molar-refractivity contribution in [3.8, 4) is 0 Å². The van der Waals surface area contributed by atoms with Crippen molar-refractivity contribution in [2.45, 2.75) is 88.9 Å². The zero-order valence-corrected chi connectivity index (χ0v) is 12.7. The Labute approximate surface area is 122 Å². The third-order valence-corrected chi connectivity index (χ3v) is 4.70. The quantitative estimate of drug-likeness (QED) is 0.787. The van der Waals surface area contributed by atoms with Gasteiger partial charge in [-0.3, -0.25) is 4.79 Å². The van der Waals surface area contributed by atoms with Crippen LogP contribution < -0.4 is 5.32 Å². The Bertz CT molecular complexity index is 307. The molecule has 0 heterocycles. The number of carbonyl (C=O) groups is 1. The van der Waals surface area contributed by atoms with Gasteiger partial charge in [-0.05, 0) is 32.1 Å². The van der Waals surface area contributed by atoms with Crippen molar-refractivity contribution in [3.05, 3.63) is 0 Å². The molecule has 0 aromatic heterocycles. The highest BCUT2D eigenvalue weighted by Gasteiger charge is 2.31. The summed E-state index contributed by atoms with van der Waals surface area (Å²) in [5.41, 5.74) is -0.695. The lowest BCUT2D eigenvalue weighted by molar-refractivity contribution is -0.138. The minimum atomic E-state index is -0.695. The maximum Gasteiger partial charge on any atom is 0.249 e. The van der Waals surface area contributed by atoms with Crippen molar-refractivity contribution in [2.75, 3.05) is 6.54 Å². The fourth-order valence-electron chi connectivity index (χ4n) is 3.35. The average Bonchev–Trinajstić information content (AvgIpc) is 2.96. The predicted octanol–water partition coefficient (Wildman–Crippen LogP) is 2.54. The molecule has 20 heavy (non-hydrogen) atoms. The first-order valence-electron chi connectivity index (χ1n) is 8.28. The van der Waals surface area contributed by atoms with Crippen LogP contribution in [0.5, 0.6) is 0 Å². The van der Waals surface area contributed by atoms with E-state index in [4.69, 9.17) is 4.74 Å². The smallest absolute Gasteiger partial charge is 0.249 e. The number of hydrogen-bond donors (Lipinski definition) is 2. The van der Waals surface area contributed by atoms with Gasteiger partial charge in [0.1, 0.15) is 6.10 Å². The monoisotopic (exact) mass is 283 g/mol. The van der Waals surface area contributed by atoms with Crippen molar-refractivity contribution in [3.63, 3.8) is 0 Å². The molecule has 0 saturated heterocycles. The molecule has 4 nitrogen and oxygen atoms in total. The van der Waals surface area contributed by atoms with Gasteiger partial charge in [0, 0.05) is 6.54 Å². The zero-order chi connectivity index (χ0) is 14.4. The second-order valence-corrected chi connectivity index (χ2v) is 6.44. The number of ether oxygens (including phenoxy) is 1. The van der Waals surface area contributed by atoms with Crippen LogP contribution in [0.15, 0.2) is 0 Å². The molecule has 0 aromatic rings. The number of rotatable bonds is 6. The van der Waals surface area contributed by atoms with Crippen molar-refractivity contribution in [1.29, 1.82) is 0 Å². The average molecular weight is 283 g/mol. The second-order valence-electron chi connectivity index (χ2n) is 6.44. The number of amides is 1. The fourth-order valence-corrected chi connectivity index (χ4v) is 3.35. The zero-order valence-electron chi connectivity index (χ0n) is 12.7. The Kier molecular flexibility index (Phi) is 5.85. The van der Waals surface area contributed by atoms with Crippen LogP contribution in [-0.4, -0.2) is 35.4 Å². The molecule has 2 aliphatic carbocycles. The standard InChI is InChI=1S/C16H29NO3/c1-2-14(20-13-8-4-5-9-13)15(18)17-12-16(19)10-6-3-7-11-16/h13-14,19H,2-12H2,1H3,(H,17,18). The fraction of sp³-hybridized carbons (Fsp3) is 0.938. The Morgan fingerprint density at radius 3 is 2.50 bits per heavy atom. The number of hydrogen-bond acceptors (Lipinski definition) is 3. The summed E-state index contributed by atoms with van der Waals surface area (Å²) in [7, 11) is 0. The van der Waals surface area contributed by atoms with Crippen LogP contribution in [0.3, 0.4) is 0 Å². The van der Waals surface area contributed by atoms with Gasteiger partial charge >= 0.3 is 0 Å². The Morgan fingerprint density at radius 2 is 1.90 bits per heavy atom. The van der Waals surface area contributed by atoms with Crippen LogP contribution in [0.1, 0.15) is 71.1 Å². The molecule has 2 aliphatic rings. The van der Waals surface area contributed by atoms with E-state index < -0.39 is 5.60 Å². The molecule has 0 spiro atoms. The summed E-state index contributed by atoms with van der Waals surface area (Å²) in [5.74, 6) is -0.0570. The third kappa shape index (κ3) is 4.45. The number of carbonyl (C=O) groups excluding carboxylic acids is 1. The molecule has 2 saturated carbocycles. The van der Waals surface area contributed by atoms with Crippen LogP contribution >= 0.6 is 0 Å². The lowest BCUT2D eigenvalue weighted by Gasteiger charge is -2.32. The van der Waals surface area contributed by atoms with E-state index in [-0.39, 0.29) is 18.1 Å². The van der Waals surface area contributed by atoms with Crippen LogP contribution in [0.2, 0.25) is 0 Å². The molecular weight excluding hydrogens is 254 g/mol. The van der Waals surface area contributed by atoms with Gasteiger partial charge < -0.3 is 15.2 Å². The van der Waals surface area contributed by atoms with E-state index in [2.05, 4.69) is 5.32 Å². The highest BCUT2D eigenvalue weighted by Crippen LogP contribution is 2.27. The van der Waals surface area contributed by atoms with Crippen molar-refractivity contribution >= 4 is 5.91 Å². The summed E-state index contributed by atoms with van der Waals surface area (Å²) in [6.45, 7) is 2.35. The minimum absolute atomic E-state index is 0.0570. The van der Waals surface area contributed by atoms with E-state index in [0.717, 1.165) is 38.5 Å². The Hall–Kier alpha value is -0.610. The molecule has 1 amide bonds. The molecule has 4 heteroatoms. The lowest BCUT2D eigenvalue weighted by atomic mass is 9.85. The predicted molar refractivity (Wildman–Crippen MR) is 78.5 cm³/mol. The maximum absolute atomic E-state index is 12.2. The molecule has 0 bridgehead atoms. The van der Waals surface area contributed by atoms with Crippen molar-refractivity contribution in [1.82, 2.24) is 5.32 Å². The molecule has 2 fully saturated rings. The topological polar surface area (TPSA) is 58.6 Å². The molecule has 0 aromatic carbocycles. The van der Waals surface area contributed by atoms with Crippen molar-refractivity contribution in [2.24, 2.45) is 0 Å². The summed E-state index contributed by atoms with van der Waals surface area (Å²) in [5, 5.41) is 13.3. The highest BCUT2D eigenvalue weighted by atomic mass is 16.5. The summed E-state index contributed by atoms with van der Waals surface area (Å²) in [6.07, 6.45) is 10.1. The molecule has 116 valence electrons. The summed E-state index contributed by atoms with van der Waals surface area (Å²) >= 11 is 0. The van der Waals surface area contributed by atoms with Gasteiger partial charge in [0.25, 0.3) is 0 Å². The second kappa shape index (κ2) is 7.41. The maximum atomic E-state index is 12.2. The Morgan fingerprint density at radius 1 is 1.25 bits per heavy atom. The number of nitrogens with one attached hydrogen (secondary N) is 1. The van der Waals surface area contributed by atoms with Gasteiger partial charge in [0.05, 0.1) is 11.7 Å². The molecule has 2 rings (SSSR count). The SMILES string of the molecule is CCC(OC1CCCC1)C(=O)NCC1(O)CCCCC1. The van der Waals surface area contributed by atoms with Crippen LogP contribution in [0.25, 0.3) is 0 Å². The first-order valence-corrected chi connectivity index (χ1v) is 8.28. The molecule has 0 radical (unpaired) electrons. The summed E-state index contributed by atoms with van der Waals surface area (Å²) < 4.78 is 5.90. The first kappa shape index (κ1) is 15.8. The number of aliphatic hydroxyl groups is 1. The first-order chi connectivity index (χ1) is 9.63. The summed E-state index contributed by atoms with van der Waals surface area (Å²) in [6, 6.07) is 0. The molecule has 1 atom stereocenters.